The number of esters is 1. The number of hydrogen-bond donors (Lipinski definition) is 2. The molecule has 1 atom stereocenters. The van der Waals surface area contributed by atoms with E-state index in [2.05, 4.69) is 0 Å². The molecular formula is C18H30O7. The van der Waals surface area contributed by atoms with Gasteiger partial charge in [0.2, 0.25) is 0 Å². The summed E-state index contributed by atoms with van der Waals surface area (Å²) >= 11 is 0. The summed E-state index contributed by atoms with van der Waals surface area (Å²) in [6.07, 6.45) is 4.45. The van der Waals surface area contributed by atoms with Crippen LogP contribution in [0.2, 0.25) is 0 Å². The molecule has 0 bridgehead atoms. The van der Waals surface area contributed by atoms with E-state index in [9.17, 15) is 14.7 Å². The second-order valence-corrected chi connectivity index (χ2v) is 7.02. The van der Waals surface area contributed by atoms with Gasteiger partial charge in [0, 0.05) is 12.5 Å². The van der Waals surface area contributed by atoms with Crippen LogP contribution in [0.15, 0.2) is 0 Å². The highest BCUT2D eigenvalue weighted by atomic mass is 16.7. The molecule has 7 heteroatoms. The Morgan fingerprint density at radius 3 is 2.16 bits per heavy atom. The van der Waals surface area contributed by atoms with Gasteiger partial charge in [-0.05, 0) is 58.3 Å². The van der Waals surface area contributed by atoms with Gasteiger partial charge in [-0.1, -0.05) is 0 Å². The lowest BCUT2D eigenvalue weighted by molar-refractivity contribution is -0.185. The summed E-state index contributed by atoms with van der Waals surface area (Å²) in [6, 6.07) is 0. The Kier molecular flexibility index (Phi) is 8.12. The van der Waals surface area contributed by atoms with E-state index in [-0.39, 0.29) is 36.6 Å². The summed E-state index contributed by atoms with van der Waals surface area (Å²) in [4.78, 5) is 22.9. The smallest absolute Gasteiger partial charge is 0.311 e. The lowest BCUT2D eigenvalue weighted by atomic mass is 9.81. The summed E-state index contributed by atoms with van der Waals surface area (Å²) in [6.45, 7) is 2.35. The molecule has 2 rings (SSSR count). The van der Waals surface area contributed by atoms with Gasteiger partial charge in [0.1, 0.15) is 0 Å². The van der Waals surface area contributed by atoms with Crippen LogP contribution >= 0.6 is 0 Å². The Morgan fingerprint density at radius 2 is 1.60 bits per heavy atom. The van der Waals surface area contributed by atoms with Crippen molar-refractivity contribution in [1.29, 1.82) is 0 Å². The maximum absolute atomic E-state index is 11.9. The zero-order chi connectivity index (χ0) is 18.2. The average Bonchev–Trinajstić information content (AvgIpc) is 2.62. The van der Waals surface area contributed by atoms with Crippen molar-refractivity contribution >= 4 is 11.9 Å². The third-order valence-corrected chi connectivity index (χ3v) is 5.35. The molecule has 0 amide bonds. The number of carbonyl (C=O) groups is 2. The van der Waals surface area contributed by atoms with Gasteiger partial charge in [0.15, 0.2) is 13.1 Å². The standard InChI is InChI=1S/C18H30O7/c1-2-23-11-24-17(21)13-3-5-14(6-4-13)18(22)25-15-9-7-12(8-10-15)16(19)20/h12-15,18,22H,2-11H2,1H3,(H,19,20)/t12-,13-,14-,15-,18?. The molecule has 0 heterocycles. The molecule has 2 N–H and O–H groups in total. The number of hydrogen-bond acceptors (Lipinski definition) is 6. The van der Waals surface area contributed by atoms with Gasteiger partial charge in [0.25, 0.3) is 0 Å². The summed E-state index contributed by atoms with van der Waals surface area (Å²) in [5, 5.41) is 19.3. The Hall–Kier alpha value is -1.18. The molecule has 0 radical (unpaired) electrons. The maximum Gasteiger partial charge on any atom is 0.311 e. The molecule has 2 aliphatic rings. The van der Waals surface area contributed by atoms with Gasteiger partial charge in [-0.25, -0.2) is 0 Å². The minimum absolute atomic E-state index is 0.0000148. The Balaban J connectivity index is 1.66. The predicted octanol–water partition coefficient (Wildman–Crippen LogP) is 2.31. The Bertz CT molecular complexity index is 423. The van der Waals surface area contributed by atoms with E-state index in [1.165, 1.54) is 0 Å². The van der Waals surface area contributed by atoms with E-state index in [1.54, 1.807) is 0 Å². The van der Waals surface area contributed by atoms with E-state index in [1.807, 2.05) is 6.92 Å². The molecule has 0 aliphatic heterocycles. The minimum atomic E-state index is -0.841. The van der Waals surface area contributed by atoms with Crippen molar-refractivity contribution in [3.8, 4) is 0 Å². The van der Waals surface area contributed by atoms with E-state index >= 15 is 0 Å². The van der Waals surface area contributed by atoms with Crippen LogP contribution in [0.25, 0.3) is 0 Å². The van der Waals surface area contributed by atoms with Crippen LogP contribution in [0, 0.1) is 17.8 Å². The van der Waals surface area contributed by atoms with Crippen LogP contribution in [0.1, 0.15) is 58.3 Å². The molecule has 0 aromatic heterocycles. The van der Waals surface area contributed by atoms with Gasteiger partial charge >= 0.3 is 11.9 Å². The summed E-state index contributed by atoms with van der Waals surface area (Å²) in [5.74, 6) is -1.36. The van der Waals surface area contributed by atoms with Crippen molar-refractivity contribution < 1.29 is 34.0 Å². The molecule has 0 spiro atoms. The number of carboxylic acids is 1. The van der Waals surface area contributed by atoms with E-state index in [0.29, 0.717) is 45.1 Å². The van der Waals surface area contributed by atoms with Crippen molar-refractivity contribution in [2.75, 3.05) is 13.4 Å². The first-order valence-corrected chi connectivity index (χ1v) is 9.32. The van der Waals surface area contributed by atoms with Crippen LogP contribution in [-0.4, -0.2) is 47.9 Å². The highest BCUT2D eigenvalue weighted by Gasteiger charge is 2.33. The third kappa shape index (κ3) is 6.24. The fraction of sp³-hybridized carbons (Fsp3) is 0.889. The van der Waals surface area contributed by atoms with Crippen LogP contribution in [0.4, 0.5) is 0 Å². The summed E-state index contributed by atoms with van der Waals surface area (Å²) in [5.41, 5.74) is 0. The Morgan fingerprint density at radius 1 is 1.00 bits per heavy atom. The van der Waals surface area contributed by atoms with Crippen molar-refractivity contribution in [3.63, 3.8) is 0 Å². The van der Waals surface area contributed by atoms with E-state index < -0.39 is 12.3 Å². The highest BCUT2D eigenvalue weighted by Crippen LogP contribution is 2.34. The van der Waals surface area contributed by atoms with Gasteiger partial charge in [-0.3, -0.25) is 9.59 Å². The lowest BCUT2D eigenvalue weighted by Gasteiger charge is -2.34. The normalized spacial score (nSPS) is 31.3. The van der Waals surface area contributed by atoms with Gasteiger partial charge in [-0.15, -0.1) is 0 Å². The highest BCUT2D eigenvalue weighted by molar-refractivity contribution is 5.72. The predicted molar refractivity (Wildman–Crippen MR) is 88.5 cm³/mol. The largest absolute Gasteiger partial charge is 0.481 e. The molecule has 144 valence electrons. The topological polar surface area (TPSA) is 102 Å². The van der Waals surface area contributed by atoms with Crippen LogP contribution in [-0.2, 0) is 23.8 Å². The van der Waals surface area contributed by atoms with Crippen LogP contribution in [0.5, 0.6) is 0 Å². The molecule has 2 saturated carbocycles. The summed E-state index contributed by atoms with van der Waals surface area (Å²) in [7, 11) is 0. The second-order valence-electron chi connectivity index (χ2n) is 7.02. The zero-order valence-corrected chi connectivity index (χ0v) is 14.9. The molecule has 0 saturated heterocycles. The summed E-state index contributed by atoms with van der Waals surface area (Å²) < 4.78 is 15.8. The average molecular weight is 358 g/mol. The minimum Gasteiger partial charge on any atom is -0.481 e. The number of rotatable bonds is 8. The maximum atomic E-state index is 11.9. The van der Waals surface area contributed by atoms with Gasteiger partial charge in [-0.2, -0.15) is 0 Å². The van der Waals surface area contributed by atoms with Crippen LogP contribution < -0.4 is 0 Å². The van der Waals surface area contributed by atoms with Gasteiger partial charge < -0.3 is 24.4 Å². The molecule has 7 nitrogen and oxygen atoms in total. The molecule has 1 unspecified atom stereocenters. The monoisotopic (exact) mass is 358 g/mol. The van der Waals surface area contributed by atoms with Crippen molar-refractivity contribution in [2.45, 2.75) is 70.7 Å². The first-order valence-electron chi connectivity index (χ1n) is 9.32. The molecule has 2 fully saturated rings. The SMILES string of the molecule is CCOCOC(=O)[C@H]1CC[C@H](C(O)O[C@H]2CC[C@H](C(=O)O)CC2)CC1. The lowest BCUT2D eigenvalue weighted by Crippen LogP contribution is -2.35. The first-order chi connectivity index (χ1) is 12.0. The number of carbonyl (C=O) groups excluding carboxylic acids is 1. The molecule has 0 aromatic rings. The number of aliphatic hydroxyl groups excluding tert-OH is 1. The van der Waals surface area contributed by atoms with Crippen molar-refractivity contribution in [1.82, 2.24) is 0 Å². The number of aliphatic carboxylic acids is 1. The number of carboxylic acid groups (broad SMARTS) is 1. The fourth-order valence-electron chi connectivity index (χ4n) is 3.70. The number of aliphatic hydroxyl groups is 1. The molecule has 25 heavy (non-hydrogen) atoms. The quantitative estimate of drug-likeness (QED) is 0.390. The second kappa shape index (κ2) is 10.1. The van der Waals surface area contributed by atoms with Crippen LogP contribution in [0.3, 0.4) is 0 Å². The third-order valence-electron chi connectivity index (χ3n) is 5.35. The molecular weight excluding hydrogens is 328 g/mol. The van der Waals surface area contributed by atoms with E-state index in [0.717, 1.165) is 12.8 Å². The van der Waals surface area contributed by atoms with Crippen molar-refractivity contribution in [3.05, 3.63) is 0 Å². The van der Waals surface area contributed by atoms with Crippen molar-refractivity contribution in [2.24, 2.45) is 17.8 Å². The zero-order valence-electron chi connectivity index (χ0n) is 14.9. The van der Waals surface area contributed by atoms with E-state index in [4.69, 9.17) is 19.3 Å². The molecule has 0 aromatic carbocycles. The number of ether oxygens (including phenoxy) is 3. The van der Waals surface area contributed by atoms with Gasteiger partial charge in [0.05, 0.1) is 17.9 Å². The first kappa shape index (κ1) is 20.1. The molecule has 2 aliphatic carbocycles. The fourth-order valence-corrected chi connectivity index (χ4v) is 3.70. The Labute approximate surface area is 148 Å².